The van der Waals surface area contributed by atoms with E-state index in [4.69, 9.17) is 11.6 Å². The summed E-state index contributed by atoms with van der Waals surface area (Å²) in [5, 5.41) is 0.135. The molecule has 0 aromatic rings. The van der Waals surface area contributed by atoms with Gasteiger partial charge in [-0.2, -0.15) is 0 Å². The molecular weight excluding hydrogens is 115 g/mol. The first-order valence-corrected chi connectivity index (χ1v) is 2.91. The van der Waals surface area contributed by atoms with Crippen LogP contribution in [-0.4, -0.2) is 12.1 Å². The summed E-state index contributed by atoms with van der Waals surface area (Å²) in [6, 6.07) is 0. The highest BCUT2D eigenvalue weighted by Gasteiger charge is 1.92. The molecule has 44 valence electrons. The maximum absolute atomic E-state index is 11.3. The fourth-order valence-electron chi connectivity index (χ4n) is 0.358. The predicted octanol–water partition coefficient (Wildman–Crippen LogP) is 2.36. The summed E-state index contributed by atoms with van der Waals surface area (Å²) in [4.78, 5) is 0. The lowest BCUT2D eigenvalue weighted by molar-refractivity contribution is 0.461. The molecule has 0 amide bonds. The summed E-state index contributed by atoms with van der Waals surface area (Å²) in [5.41, 5.74) is 0. The number of hydrogen-bond acceptors (Lipinski definition) is 0. The summed E-state index contributed by atoms with van der Waals surface area (Å²) in [5.74, 6) is 0. The van der Waals surface area contributed by atoms with E-state index in [2.05, 4.69) is 0 Å². The Hall–Kier alpha value is 0.220. The lowest BCUT2D eigenvalue weighted by Gasteiger charge is -1.95. The quantitative estimate of drug-likeness (QED) is 0.507. The minimum absolute atomic E-state index is 0.135. The highest BCUT2D eigenvalue weighted by molar-refractivity contribution is 6.20. The van der Waals surface area contributed by atoms with E-state index < -0.39 is 0 Å². The molecule has 0 bridgehead atoms. The van der Waals surface area contributed by atoms with Gasteiger partial charge in [-0.15, -0.1) is 11.6 Å². The van der Waals surface area contributed by atoms with Gasteiger partial charge in [-0.25, -0.2) is 0 Å². The molecule has 0 aliphatic heterocycles. The zero-order valence-corrected chi connectivity index (χ0v) is 5.21. The Bertz CT molecular complexity index is 37.1. The van der Waals surface area contributed by atoms with E-state index in [9.17, 15) is 4.39 Å². The standard InChI is InChI=1S/C5H10ClF/c1-5(6)3-2-4-7/h5H,2-4H2,1H3. The van der Waals surface area contributed by atoms with Gasteiger partial charge in [0.05, 0.1) is 6.67 Å². The first kappa shape index (κ1) is 7.22. The van der Waals surface area contributed by atoms with Crippen LogP contribution in [0.15, 0.2) is 0 Å². The molecule has 0 aromatic heterocycles. The maximum Gasteiger partial charge on any atom is 0.0895 e. The van der Waals surface area contributed by atoms with Crippen LogP contribution < -0.4 is 0 Å². The fourth-order valence-corrected chi connectivity index (χ4v) is 0.513. The van der Waals surface area contributed by atoms with Crippen molar-refractivity contribution in [3.63, 3.8) is 0 Å². The summed E-state index contributed by atoms with van der Waals surface area (Å²) in [6.45, 7) is 1.63. The van der Waals surface area contributed by atoms with Crippen molar-refractivity contribution in [2.24, 2.45) is 0 Å². The van der Waals surface area contributed by atoms with E-state index in [-0.39, 0.29) is 12.1 Å². The summed E-state index contributed by atoms with van der Waals surface area (Å²) in [6.07, 6.45) is 1.39. The largest absolute Gasteiger partial charge is 0.251 e. The molecule has 1 atom stereocenters. The zero-order chi connectivity index (χ0) is 5.70. The molecule has 0 saturated carbocycles. The SMILES string of the molecule is CC(Cl)CCCF. The monoisotopic (exact) mass is 124 g/mol. The van der Waals surface area contributed by atoms with Crippen molar-refractivity contribution in [3.05, 3.63) is 0 Å². The van der Waals surface area contributed by atoms with Gasteiger partial charge in [-0.05, 0) is 19.8 Å². The van der Waals surface area contributed by atoms with Crippen molar-refractivity contribution in [3.8, 4) is 0 Å². The Morgan fingerprint density at radius 2 is 2.29 bits per heavy atom. The van der Waals surface area contributed by atoms with Crippen LogP contribution in [0, 0.1) is 0 Å². The maximum atomic E-state index is 11.3. The molecule has 0 aliphatic carbocycles. The minimum Gasteiger partial charge on any atom is -0.251 e. The number of halogens is 2. The smallest absolute Gasteiger partial charge is 0.0895 e. The summed E-state index contributed by atoms with van der Waals surface area (Å²) >= 11 is 5.49. The molecule has 2 heteroatoms. The molecular formula is C5H10ClF. The van der Waals surface area contributed by atoms with Gasteiger partial charge in [0, 0.05) is 5.38 Å². The number of alkyl halides is 2. The Kier molecular flexibility index (Phi) is 4.52. The van der Waals surface area contributed by atoms with Crippen LogP contribution in [0.1, 0.15) is 19.8 Å². The number of hydrogen-bond donors (Lipinski definition) is 0. The Balaban J connectivity index is 2.68. The highest BCUT2D eigenvalue weighted by Crippen LogP contribution is 2.02. The van der Waals surface area contributed by atoms with Crippen molar-refractivity contribution in [2.75, 3.05) is 6.67 Å². The van der Waals surface area contributed by atoms with Crippen LogP contribution in [0.4, 0.5) is 4.39 Å². The van der Waals surface area contributed by atoms with E-state index in [0.29, 0.717) is 6.42 Å². The molecule has 0 nitrogen and oxygen atoms in total. The van der Waals surface area contributed by atoms with Crippen molar-refractivity contribution in [2.45, 2.75) is 25.1 Å². The van der Waals surface area contributed by atoms with E-state index in [1.807, 2.05) is 6.92 Å². The lowest BCUT2D eigenvalue weighted by atomic mass is 10.3. The first-order chi connectivity index (χ1) is 3.27. The summed E-state index contributed by atoms with van der Waals surface area (Å²) in [7, 11) is 0. The van der Waals surface area contributed by atoms with Crippen molar-refractivity contribution in [1.82, 2.24) is 0 Å². The van der Waals surface area contributed by atoms with Crippen LogP contribution in [0.3, 0.4) is 0 Å². The third kappa shape index (κ3) is 6.22. The van der Waals surface area contributed by atoms with Crippen LogP contribution in [-0.2, 0) is 0 Å². The first-order valence-electron chi connectivity index (χ1n) is 2.47. The molecule has 0 aromatic carbocycles. The molecule has 7 heavy (non-hydrogen) atoms. The van der Waals surface area contributed by atoms with Gasteiger partial charge in [0.15, 0.2) is 0 Å². The molecule has 0 N–H and O–H groups in total. The van der Waals surface area contributed by atoms with E-state index >= 15 is 0 Å². The Morgan fingerprint density at radius 3 is 2.43 bits per heavy atom. The third-order valence-electron chi connectivity index (χ3n) is 0.736. The topological polar surface area (TPSA) is 0 Å². The normalized spacial score (nSPS) is 14.1. The highest BCUT2D eigenvalue weighted by atomic mass is 35.5. The second-order valence-corrected chi connectivity index (χ2v) is 2.36. The molecule has 0 heterocycles. The van der Waals surface area contributed by atoms with Crippen LogP contribution in [0.25, 0.3) is 0 Å². The van der Waals surface area contributed by atoms with Gasteiger partial charge < -0.3 is 0 Å². The molecule has 0 spiro atoms. The Labute approximate surface area is 48.7 Å². The number of rotatable bonds is 3. The van der Waals surface area contributed by atoms with Crippen LogP contribution >= 0.6 is 11.6 Å². The van der Waals surface area contributed by atoms with Gasteiger partial charge in [0.1, 0.15) is 0 Å². The van der Waals surface area contributed by atoms with Gasteiger partial charge >= 0.3 is 0 Å². The second-order valence-electron chi connectivity index (χ2n) is 1.61. The molecule has 0 radical (unpaired) electrons. The lowest BCUT2D eigenvalue weighted by Crippen LogP contribution is -1.89. The van der Waals surface area contributed by atoms with Gasteiger partial charge in [-0.3, -0.25) is 4.39 Å². The van der Waals surface area contributed by atoms with Gasteiger partial charge in [-0.1, -0.05) is 0 Å². The van der Waals surface area contributed by atoms with Crippen molar-refractivity contribution < 1.29 is 4.39 Å². The van der Waals surface area contributed by atoms with Crippen LogP contribution in [0.2, 0.25) is 0 Å². The van der Waals surface area contributed by atoms with E-state index in [1.54, 1.807) is 0 Å². The average molecular weight is 125 g/mol. The third-order valence-corrected chi connectivity index (χ3v) is 0.954. The van der Waals surface area contributed by atoms with Crippen molar-refractivity contribution >= 4 is 11.6 Å². The second kappa shape index (κ2) is 4.38. The van der Waals surface area contributed by atoms with Gasteiger partial charge in [0.25, 0.3) is 0 Å². The molecule has 0 fully saturated rings. The van der Waals surface area contributed by atoms with E-state index in [0.717, 1.165) is 6.42 Å². The minimum atomic E-state index is -0.239. The van der Waals surface area contributed by atoms with E-state index in [1.165, 1.54) is 0 Å². The molecule has 0 saturated heterocycles. The Morgan fingerprint density at radius 1 is 1.71 bits per heavy atom. The predicted molar refractivity (Wildman–Crippen MR) is 30.5 cm³/mol. The van der Waals surface area contributed by atoms with Crippen LogP contribution in [0.5, 0.6) is 0 Å². The van der Waals surface area contributed by atoms with Crippen molar-refractivity contribution in [1.29, 1.82) is 0 Å². The average Bonchev–Trinajstić information content (AvgIpc) is 1.61. The molecule has 0 rings (SSSR count). The van der Waals surface area contributed by atoms with Gasteiger partial charge in [0.2, 0.25) is 0 Å². The fraction of sp³-hybridized carbons (Fsp3) is 1.00. The summed E-state index contributed by atoms with van der Waals surface area (Å²) < 4.78 is 11.3. The molecule has 0 aliphatic rings. The zero-order valence-electron chi connectivity index (χ0n) is 4.45. The molecule has 1 unspecified atom stereocenters.